The molecule has 1 amide bonds. The van der Waals surface area contributed by atoms with Gasteiger partial charge < -0.3 is 14.2 Å². The molecule has 3 aromatic rings. The van der Waals surface area contributed by atoms with Crippen LogP contribution in [0.1, 0.15) is 10.5 Å². The molecule has 24 heavy (non-hydrogen) atoms. The Bertz CT molecular complexity index is 850. The quantitative estimate of drug-likeness (QED) is 0.727. The van der Waals surface area contributed by atoms with Gasteiger partial charge in [0, 0.05) is 38.6 Å². The van der Waals surface area contributed by atoms with Gasteiger partial charge in [-0.3, -0.25) is 4.79 Å². The van der Waals surface area contributed by atoms with E-state index in [0.717, 1.165) is 5.65 Å². The van der Waals surface area contributed by atoms with Gasteiger partial charge >= 0.3 is 0 Å². The van der Waals surface area contributed by atoms with Crippen LogP contribution in [-0.4, -0.2) is 46.4 Å². The number of hydrogen-bond donors (Lipinski definition) is 0. The van der Waals surface area contributed by atoms with E-state index in [1.807, 2.05) is 39.8 Å². The first kappa shape index (κ1) is 14.7. The van der Waals surface area contributed by atoms with Crippen molar-refractivity contribution in [2.24, 2.45) is 0 Å². The summed E-state index contributed by atoms with van der Waals surface area (Å²) < 4.78 is 15.7. The molecule has 1 fully saturated rings. The molecular formula is C18H17FN4O. The number of nitrogens with zero attached hydrogens (tertiary/aromatic N) is 4. The second-order valence-electron chi connectivity index (χ2n) is 5.82. The van der Waals surface area contributed by atoms with Crippen LogP contribution in [-0.2, 0) is 0 Å². The van der Waals surface area contributed by atoms with Gasteiger partial charge in [0.15, 0.2) is 0 Å². The van der Waals surface area contributed by atoms with Gasteiger partial charge in [-0.25, -0.2) is 9.37 Å². The highest BCUT2D eigenvalue weighted by atomic mass is 19.1. The molecule has 1 aromatic carbocycles. The van der Waals surface area contributed by atoms with Crippen molar-refractivity contribution in [1.82, 2.24) is 14.3 Å². The number of halogens is 1. The second kappa shape index (κ2) is 5.96. The lowest BCUT2D eigenvalue weighted by Crippen LogP contribution is -2.49. The van der Waals surface area contributed by atoms with Crippen molar-refractivity contribution in [3.63, 3.8) is 0 Å². The minimum Gasteiger partial charge on any atom is -0.366 e. The summed E-state index contributed by atoms with van der Waals surface area (Å²) >= 11 is 0. The number of benzene rings is 1. The van der Waals surface area contributed by atoms with Crippen LogP contribution >= 0.6 is 0 Å². The van der Waals surface area contributed by atoms with Gasteiger partial charge in [0.1, 0.15) is 17.2 Å². The number of pyridine rings is 1. The summed E-state index contributed by atoms with van der Waals surface area (Å²) in [6.07, 6.45) is 3.62. The van der Waals surface area contributed by atoms with Crippen LogP contribution < -0.4 is 4.90 Å². The fourth-order valence-electron chi connectivity index (χ4n) is 3.06. The van der Waals surface area contributed by atoms with Crippen molar-refractivity contribution in [3.8, 4) is 0 Å². The first-order valence-corrected chi connectivity index (χ1v) is 7.95. The van der Waals surface area contributed by atoms with Crippen LogP contribution in [0.5, 0.6) is 0 Å². The molecule has 0 bridgehead atoms. The van der Waals surface area contributed by atoms with E-state index in [9.17, 15) is 9.18 Å². The van der Waals surface area contributed by atoms with Gasteiger partial charge in [-0.1, -0.05) is 18.2 Å². The van der Waals surface area contributed by atoms with Gasteiger partial charge in [0.05, 0.1) is 5.69 Å². The number of carbonyl (C=O) groups is 1. The average Bonchev–Trinajstić information content (AvgIpc) is 3.06. The summed E-state index contributed by atoms with van der Waals surface area (Å²) in [6.45, 7) is 2.34. The standard InChI is InChI=1S/C18H17FN4O/c19-14-5-1-2-6-16(14)21-9-11-22(12-10-21)18(24)15-13-23-8-4-3-7-17(23)20-15/h1-8,13H,9-12H2. The second-order valence-corrected chi connectivity index (χ2v) is 5.82. The third kappa shape index (κ3) is 2.60. The SMILES string of the molecule is O=C(c1cn2ccccc2n1)N1CCN(c2ccccc2F)CC1. The normalized spacial score (nSPS) is 15.0. The molecule has 0 saturated carbocycles. The number of para-hydroxylation sites is 1. The van der Waals surface area contributed by atoms with E-state index < -0.39 is 0 Å². The van der Waals surface area contributed by atoms with E-state index in [1.165, 1.54) is 6.07 Å². The fourth-order valence-corrected chi connectivity index (χ4v) is 3.06. The van der Waals surface area contributed by atoms with Gasteiger partial charge in [-0.15, -0.1) is 0 Å². The predicted octanol–water partition coefficient (Wildman–Crippen LogP) is 2.44. The number of fused-ring (bicyclic) bond motifs is 1. The molecule has 0 spiro atoms. The van der Waals surface area contributed by atoms with Crippen molar-refractivity contribution in [1.29, 1.82) is 0 Å². The number of amides is 1. The highest BCUT2D eigenvalue weighted by molar-refractivity contribution is 5.93. The lowest BCUT2D eigenvalue weighted by Gasteiger charge is -2.35. The first-order chi connectivity index (χ1) is 11.7. The van der Waals surface area contributed by atoms with Crippen molar-refractivity contribution in [2.75, 3.05) is 31.1 Å². The lowest BCUT2D eigenvalue weighted by molar-refractivity contribution is 0.0741. The zero-order valence-electron chi connectivity index (χ0n) is 13.1. The van der Waals surface area contributed by atoms with Crippen molar-refractivity contribution < 1.29 is 9.18 Å². The Balaban J connectivity index is 1.47. The van der Waals surface area contributed by atoms with Gasteiger partial charge in [0.2, 0.25) is 0 Å². The Morgan fingerprint density at radius 3 is 2.50 bits per heavy atom. The van der Waals surface area contributed by atoms with E-state index in [-0.39, 0.29) is 11.7 Å². The molecule has 5 nitrogen and oxygen atoms in total. The monoisotopic (exact) mass is 324 g/mol. The summed E-state index contributed by atoms with van der Waals surface area (Å²) in [5.41, 5.74) is 1.80. The van der Waals surface area contributed by atoms with Crippen LogP contribution in [0.15, 0.2) is 54.9 Å². The molecule has 6 heteroatoms. The van der Waals surface area contributed by atoms with E-state index in [4.69, 9.17) is 0 Å². The summed E-state index contributed by atoms with van der Waals surface area (Å²) in [5.74, 6) is -0.301. The van der Waals surface area contributed by atoms with E-state index >= 15 is 0 Å². The summed E-state index contributed by atoms with van der Waals surface area (Å²) in [4.78, 5) is 20.8. The van der Waals surface area contributed by atoms with Crippen molar-refractivity contribution in [2.45, 2.75) is 0 Å². The maximum Gasteiger partial charge on any atom is 0.274 e. The number of anilines is 1. The molecule has 3 heterocycles. The zero-order chi connectivity index (χ0) is 16.5. The van der Waals surface area contributed by atoms with Crippen LogP contribution in [0.4, 0.5) is 10.1 Å². The van der Waals surface area contributed by atoms with E-state index in [2.05, 4.69) is 4.98 Å². The highest BCUT2D eigenvalue weighted by Gasteiger charge is 2.24. The van der Waals surface area contributed by atoms with Gasteiger partial charge in [0.25, 0.3) is 5.91 Å². The Kier molecular flexibility index (Phi) is 3.65. The molecule has 2 aromatic heterocycles. The Hall–Kier alpha value is -2.89. The first-order valence-electron chi connectivity index (χ1n) is 7.95. The number of carbonyl (C=O) groups excluding carboxylic acids is 1. The fraction of sp³-hybridized carbons (Fsp3) is 0.222. The third-order valence-electron chi connectivity index (χ3n) is 4.34. The van der Waals surface area contributed by atoms with Crippen LogP contribution in [0, 0.1) is 5.82 Å². The summed E-state index contributed by atoms with van der Waals surface area (Å²) in [5, 5.41) is 0. The number of aromatic nitrogens is 2. The highest BCUT2D eigenvalue weighted by Crippen LogP contribution is 2.20. The van der Waals surface area contributed by atoms with E-state index in [0.29, 0.717) is 37.6 Å². The molecule has 1 aliphatic heterocycles. The van der Waals surface area contributed by atoms with Crippen LogP contribution in [0.25, 0.3) is 5.65 Å². The van der Waals surface area contributed by atoms with Crippen molar-refractivity contribution >= 4 is 17.2 Å². The minimum atomic E-state index is -0.224. The number of rotatable bonds is 2. The van der Waals surface area contributed by atoms with Crippen LogP contribution in [0.3, 0.4) is 0 Å². The largest absolute Gasteiger partial charge is 0.366 e. The van der Waals surface area contributed by atoms with Gasteiger partial charge in [-0.2, -0.15) is 0 Å². The molecule has 0 unspecified atom stereocenters. The molecule has 4 rings (SSSR count). The average molecular weight is 324 g/mol. The van der Waals surface area contributed by atoms with Crippen molar-refractivity contribution in [3.05, 3.63) is 66.4 Å². The number of hydrogen-bond acceptors (Lipinski definition) is 3. The molecule has 0 N–H and O–H groups in total. The Morgan fingerprint density at radius 2 is 1.75 bits per heavy atom. The molecular weight excluding hydrogens is 307 g/mol. The minimum absolute atomic E-state index is 0.0770. The maximum absolute atomic E-state index is 13.9. The molecule has 122 valence electrons. The predicted molar refractivity (Wildman–Crippen MR) is 89.7 cm³/mol. The number of piperazine rings is 1. The molecule has 0 aliphatic carbocycles. The summed E-state index contributed by atoms with van der Waals surface area (Å²) in [7, 11) is 0. The maximum atomic E-state index is 13.9. The summed E-state index contributed by atoms with van der Waals surface area (Å²) in [6, 6.07) is 12.4. The molecule has 0 radical (unpaired) electrons. The zero-order valence-corrected chi connectivity index (χ0v) is 13.1. The Labute approximate surface area is 138 Å². The topological polar surface area (TPSA) is 40.9 Å². The molecule has 1 saturated heterocycles. The molecule has 0 atom stereocenters. The molecule has 1 aliphatic rings. The number of imidazole rings is 1. The third-order valence-corrected chi connectivity index (χ3v) is 4.34. The lowest BCUT2D eigenvalue weighted by atomic mass is 10.2. The van der Waals surface area contributed by atoms with Gasteiger partial charge in [-0.05, 0) is 24.3 Å². The van der Waals surface area contributed by atoms with Crippen LogP contribution in [0.2, 0.25) is 0 Å². The smallest absolute Gasteiger partial charge is 0.274 e. The Morgan fingerprint density at radius 1 is 1.00 bits per heavy atom. The van der Waals surface area contributed by atoms with E-state index in [1.54, 1.807) is 23.2 Å².